The zero-order chi connectivity index (χ0) is 22.8. The van der Waals surface area contributed by atoms with Crippen LogP contribution in [0.15, 0.2) is 48.7 Å². The predicted molar refractivity (Wildman–Crippen MR) is 137 cm³/mol. The quantitative estimate of drug-likeness (QED) is 0.241. The summed E-state index contributed by atoms with van der Waals surface area (Å²) in [5, 5.41) is 5.25. The molecule has 0 amide bonds. The minimum atomic E-state index is 0.371. The molecule has 2 nitrogen and oxygen atoms in total. The maximum Gasteiger partial charge on any atom is 0.228 e. The van der Waals surface area contributed by atoms with Gasteiger partial charge in [-0.05, 0) is 115 Å². The van der Waals surface area contributed by atoms with Gasteiger partial charge in [0.05, 0.1) is 10.9 Å². The first-order valence-corrected chi connectivity index (χ1v) is 13.2. The maximum atomic E-state index is 6.91. The summed E-state index contributed by atoms with van der Waals surface area (Å²) in [6, 6.07) is 16.1. The first kappa shape index (κ1) is 19.4. The fourth-order valence-corrected chi connectivity index (χ4v) is 8.89. The van der Waals surface area contributed by atoms with Gasteiger partial charge in [0.15, 0.2) is 6.20 Å². The van der Waals surface area contributed by atoms with Crippen LogP contribution >= 0.6 is 0 Å². The van der Waals surface area contributed by atoms with E-state index < -0.39 is 0 Å². The summed E-state index contributed by atoms with van der Waals surface area (Å²) in [5.74, 6) is 4.95. The van der Waals surface area contributed by atoms with Crippen molar-refractivity contribution in [2.75, 3.05) is 0 Å². The Morgan fingerprint density at radius 3 is 2.18 bits per heavy atom. The van der Waals surface area contributed by atoms with Crippen LogP contribution in [0.2, 0.25) is 0 Å². The Morgan fingerprint density at radius 1 is 0.853 bits per heavy atom. The summed E-state index contributed by atoms with van der Waals surface area (Å²) < 4.78 is 9.22. The highest BCUT2D eigenvalue weighted by Gasteiger charge is 2.52. The first-order chi connectivity index (χ1) is 16.5. The predicted octanol–water partition coefficient (Wildman–Crippen LogP) is 7.67. The molecule has 3 aromatic carbocycles. The molecular weight excluding hydrogens is 414 g/mol. The second-order valence-electron chi connectivity index (χ2n) is 12.0. The van der Waals surface area contributed by atoms with E-state index in [0.717, 1.165) is 29.3 Å². The van der Waals surface area contributed by atoms with E-state index in [2.05, 4.69) is 74.1 Å². The second-order valence-corrected chi connectivity index (χ2v) is 12.0. The van der Waals surface area contributed by atoms with E-state index >= 15 is 0 Å². The van der Waals surface area contributed by atoms with E-state index in [1.165, 1.54) is 82.5 Å². The lowest BCUT2D eigenvalue weighted by molar-refractivity contribution is -0.659. The van der Waals surface area contributed by atoms with Gasteiger partial charge in [-0.2, -0.15) is 0 Å². The molecule has 1 aromatic heterocycles. The van der Waals surface area contributed by atoms with Crippen molar-refractivity contribution >= 4 is 21.5 Å². The molecule has 4 aromatic rings. The maximum absolute atomic E-state index is 6.91. The number of benzene rings is 3. The SMILES string of the molecule is Cc1c2c(c(C)c3ccccc13)-c1c3c(cc(C45CC6CC(CC(C6)C4)C5)cc3cc[n+]1C)O2. The number of ether oxygens (including phenoxy) is 1. The number of aromatic nitrogens is 1. The molecular formula is C32H32NO+. The lowest BCUT2D eigenvalue weighted by Crippen LogP contribution is -2.48. The van der Waals surface area contributed by atoms with Gasteiger partial charge in [-0.25, -0.2) is 4.57 Å². The third-order valence-corrected chi connectivity index (χ3v) is 9.98. The number of pyridine rings is 1. The lowest BCUT2D eigenvalue weighted by Gasteiger charge is -2.57. The van der Waals surface area contributed by atoms with Crippen LogP contribution < -0.4 is 9.30 Å². The fourth-order valence-electron chi connectivity index (χ4n) is 8.89. The van der Waals surface area contributed by atoms with Crippen molar-refractivity contribution in [3.05, 3.63) is 65.4 Å². The van der Waals surface area contributed by atoms with Crippen molar-refractivity contribution in [2.45, 2.75) is 57.8 Å². The van der Waals surface area contributed by atoms with E-state index in [9.17, 15) is 0 Å². The average molecular weight is 447 g/mol. The summed E-state index contributed by atoms with van der Waals surface area (Å²) in [6.45, 7) is 4.49. The van der Waals surface area contributed by atoms with Crippen LogP contribution in [0.5, 0.6) is 11.5 Å². The van der Waals surface area contributed by atoms with Crippen LogP contribution in [0.3, 0.4) is 0 Å². The molecule has 4 saturated carbocycles. The monoisotopic (exact) mass is 446 g/mol. The van der Waals surface area contributed by atoms with Gasteiger partial charge in [-0.3, -0.25) is 0 Å². The molecule has 2 heterocycles. The molecule has 0 spiro atoms. The van der Waals surface area contributed by atoms with Gasteiger partial charge in [0.25, 0.3) is 0 Å². The third-order valence-electron chi connectivity index (χ3n) is 9.98. The minimum absolute atomic E-state index is 0.371. The number of fused-ring (bicyclic) bond motifs is 3. The Kier molecular flexibility index (Phi) is 3.67. The van der Waals surface area contributed by atoms with E-state index in [-0.39, 0.29) is 0 Å². The normalized spacial score (nSPS) is 28.4. The molecule has 0 atom stereocenters. The Labute approximate surface area is 201 Å². The van der Waals surface area contributed by atoms with Crippen molar-refractivity contribution in [2.24, 2.45) is 24.8 Å². The number of aryl methyl sites for hydroxylation is 3. The van der Waals surface area contributed by atoms with E-state index in [0.29, 0.717) is 5.41 Å². The van der Waals surface area contributed by atoms with Crippen molar-refractivity contribution in [3.63, 3.8) is 0 Å². The molecule has 9 rings (SSSR count). The molecule has 4 bridgehead atoms. The molecule has 34 heavy (non-hydrogen) atoms. The molecule has 0 unspecified atom stereocenters. The van der Waals surface area contributed by atoms with Crippen LogP contribution in [0.25, 0.3) is 32.8 Å². The Hall–Kier alpha value is -2.87. The highest BCUT2D eigenvalue weighted by Crippen LogP contribution is 2.62. The molecule has 170 valence electrons. The molecule has 0 N–H and O–H groups in total. The Balaban J connectivity index is 1.41. The Bertz CT molecular complexity index is 1510. The minimum Gasteiger partial charge on any atom is -0.455 e. The van der Waals surface area contributed by atoms with Crippen molar-refractivity contribution in [3.8, 4) is 22.8 Å². The molecule has 0 saturated heterocycles. The van der Waals surface area contributed by atoms with Gasteiger partial charge in [-0.15, -0.1) is 0 Å². The van der Waals surface area contributed by atoms with Crippen molar-refractivity contribution in [1.29, 1.82) is 0 Å². The van der Waals surface area contributed by atoms with Crippen LogP contribution in [-0.4, -0.2) is 0 Å². The van der Waals surface area contributed by atoms with Crippen LogP contribution in [0, 0.1) is 31.6 Å². The average Bonchev–Trinajstić information content (AvgIpc) is 2.83. The van der Waals surface area contributed by atoms with Crippen LogP contribution in [0.1, 0.15) is 55.2 Å². The second kappa shape index (κ2) is 6.42. The smallest absolute Gasteiger partial charge is 0.228 e. The summed E-state index contributed by atoms with van der Waals surface area (Å²) in [6.07, 6.45) is 10.9. The molecule has 0 radical (unpaired) electrons. The van der Waals surface area contributed by atoms with Gasteiger partial charge in [0.1, 0.15) is 18.5 Å². The summed E-state index contributed by atoms with van der Waals surface area (Å²) in [5.41, 5.74) is 7.05. The molecule has 2 heteroatoms. The number of nitrogens with zero attached hydrogens (tertiary/aromatic N) is 1. The van der Waals surface area contributed by atoms with Crippen molar-refractivity contribution < 1.29 is 9.30 Å². The van der Waals surface area contributed by atoms with Crippen LogP contribution in [0.4, 0.5) is 0 Å². The standard InChI is InChI=1S/C32H32NO/c1-18-25-6-4-5-7-26(25)19(2)31-28(18)30-29-23(8-9-33(30)3)13-24(14-27(29)34-31)32-15-20-10-21(16-32)12-22(11-20)17-32/h4-9,13-14,20-22H,10-12,15-17H2,1-3H3/q+1. The first-order valence-electron chi connectivity index (χ1n) is 13.2. The zero-order valence-corrected chi connectivity index (χ0v) is 20.4. The summed E-state index contributed by atoms with van der Waals surface area (Å²) in [7, 11) is 2.19. The van der Waals surface area contributed by atoms with Gasteiger partial charge < -0.3 is 4.74 Å². The van der Waals surface area contributed by atoms with E-state index in [4.69, 9.17) is 4.74 Å². The number of hydrogen-bond donors (Lipinski definition) is 0. The van der Waals surface area contributed by atoms with Crippen molar-refractivity contribution in [1.82, 2.24) is 0 Å². The topological polar surface area (TPSA) is 13.1 Å². The highest BCUT2D eigenvalue weighted by atomic mass is 16.5. The molecule has 4 fully saturated rings. The third kappa shape index (κ3) is 2.39. The van der Waals surface area contributed by atoms with Crippen LogP contribution in [-0.2, 0) is 12.5 Å². The number of rotatable bonds is 1. The van der Waals surface area contributed by atoms with Gasteiger partial charge >= 0.3 is 0 Å². The zero-order valence-electron chi connectivity index (χ0n) is 20.4. The van der Waals surface area contributed by atoms with Gasteiger partial charge in [0, 0.05) is 11.6 Å². The highest BCUT2D eigenvalue weighted by molar-refractivity contribution is 6.06. The number of hydrogen-bond acceptors (Lipinski definition) is 1. The molecule has 1 aliphatic heterocycles. The molecule has 4 aliphatic carbocycles. The fraction of sp³-hybridized carbons (Fsp3) is 0.406. The lowest BCUT2D eigenvalue weighted by atomic mass is 9.48. The van der Waals surface area contributed by atoms with Gasteiger partial charge in [-0.1, -0.05) is 24.3 Å². The summed E-state index contributed by atoms with van der Waals surface area (Å²) >= 11 is 0. The van der Waals surface area contributed by atoms with E-state index in [1.807, 2.05) is 0 Å². The molecule has 5 aliphatic rings. The summed E-state index contributed by atoms with van der Waals surface area (Å²) in [4.78, 5) is 0. The largest absolute Gasteiger partial charge is 0.455 e. The van der Waals surface area contributed by atoms with E-state index in [1.54, 1.807) is 5.56 Å². The Morgan fingerprint density at radius 2 is 1.50 bits per heavy atom. The van der Waals surface area contributed by atoms with Gasteiger partial charge in [0.2, 0.25) is 5.69 Å².